The van der Waals surface area contributed by atoms with Gasteiger partial charge in [0.05, 0.1) is 5.02 Å². The van der Waals surface area contributed by atoms with Crippen LogP contribution in [0.2, 0.25) is 5.02 Å². The summed E-state index contributed by atoms with van der Waals surface area (Å²) in [7, 11) is 0. The van der Waals surface area contributed by atoms with Crippen molar-refractivity contribution in [3.8, 4) is 0 Å². The molecule has 2 nitrogen and oxygen atoms in total. The second-order valence-corrected chi connectivity index (χ2v) is 4.98. The molecule has 1 fully saturated rings. The Bertz CT molecular complexity index is 398. The molecule has 0 spiro atoms. The summed E-state index contributed by atoms with van der Waals surface area (Å²) in [5, 5.41) is 3.46. The highest BCUT2D eigenvalue weighted by Crippen LogP contribution is 2.32. The minimum Gasteiger partial charge on any atom is -0.366 e. The van der Waals surface area contributed by atoms with Crippen LogP contribution in [-0.2, 0) is 5.92 Å². The Balaban J connectivity index is 2.14. The molecular weight excluding hydrogens is 246 g/mol. The number of anilines is 1. The van der Waals surface area contributed by atoms with Gasteiger partial charge in [-0.05, 0) is 18.9 Å². The molecule has 0 radical (unpaired) electrons. The lowest BCUT2D eigenvalue weighted by Gasteiger charge is -2.16. The van der Waals surface area contributed by atoms with E-state index >= 15 is 0 Å². The third-order valence-electron chi connectivity index (χ3n) is 3.04. The van der Waals surface area contributed by atoms with Crippen molar-refractivity contribution >= 4 is 17.4 Å². The summed E-state index contributed by atoms with van der Waals surface area (Å²) in [5.74, 6) is -2.39. The molecule has 1 aromatic rings. The topological polar surface area (TPSA) is 24.9 Å². The molecule has 5 heteroatoms. The van der Waals surface area contributed by atoms with Gasteiger partial charge >= 0.3 is 0 Å². The molecule has 17 heavy (non-hydrogen) atoms. The average molecular weight is 261 g/mol. The van der Waals surface area contributed by atoms with Gasteiger partial charge in [0.2, 0.25) is 0 Å². The summed E-state index contributed by atoms with van der Waals surface area (Å²) in [6.07, 6.45) is 5.75. The van der Waals surface area contributed by atoms with Gasteiger partial charge in [-0.25, -0.2) is 13.8 Å². The molecule has 0 unspecified atom stereocenters. The Morgan fingerprint density at radius 1 is 1.41 bits per heavy atom. The van der Waals surface area contributed by atoms with Gasteiger partial charge in [-0.3, -0.25) is 0 Å². The van der Waals surface area contributed by atoms with Crippen LogP contribution in [0.5, 0.6) is 0 Å². The number of pyridine rings is 1. The van der Waals surface area contributed by atoms with Crippen molar-refractivity contribution in [2.75, 3.05) is 5.32 Å². The maximum Gasteiger partial charge on any atom is 0.272 e. The van der Waals surface area contributed by atoms with Crippen molar-refractivity contribution in [2.24, 2.45) is 0 Å². The number of alkyl halides is 2. The molecule has 1 aliphatic rings. The molecule has 1 aliphatic carbocycles. The number of aromatic nitrogens is 1. The van der Waals surface area contributed by atoms with Gasteiger partial charge in [-0.15, -0.1) is 0 Å². The Morgan fingerprint density at radius 2 is 2.06 bits per heavy atom. The normalized spacial score (nSPS) is 17.4. The Labute approximate surface area is 104 Å². The molecular formula is C12H15ClF2N2. The fourth-order valence-corrected chi connectivity index (χ4v) is 2.27. The van der Waals surface area contributed by atoms with E-state index in [0.29, 0.717) is 11.9 Å². The van der Waals surface area contributed by atoms with E-state index in [9.17, 15) is 8.78 Å². The Morgan fingerprint density at radius 3 is 2.59 bits per heavy atom. The average Bonchev–Trinajstić information content (AvgIpc) is 2.72. The van der Waals surface area contributed by atoms with Gasteiger partial charge in [0.25, 0.3) is 5.92 Å². The third-order valence-corrected chi connectivity index (χ3v) is 3.33. The molecule has 2 rings (SSSR count). The van der Waals surface area contributed by atoms with E-state index in [0.717, 1.165) is 19.8 Å². The summed E-state index contributed by atoms with van der Waals surface area (Å²) in [5.41, 5.74) is -0.153. The van der Waals surface area contributed by atoms with Crippen molar-refractivity contribution in [1.82, 2.24) is 4.98 Å². The molecule has 0 atom stereocenters. The number of hydrogen-bond acceptors (Lipinski definition) is 2. The molecule has 1 heterocycles. The van der Waals surface area contributed by atoms with E-state index < -0.39 is 5.92 Å². The zero-order valence-corrected chi connectivity index (χ0v) is 10.4. The maximum absolute atomic E-state index is 13.1. The maximum atomic E-state index is 13.1. The highest BCUT2D eigenvalue weighted by atomic mass is 35.5. The van der Waals surface area contributed by atoms with E-state index in [1.54, 1.807) is 0 Å². The fourth-order valence-electron chi connectivity index (χ4n) is 2.05. The molecule has 94 valence electrons. The van der Waals surface area contributed by atoms with Gasteiger partial charge in [0.15, 0.2) is 0 Å². The lowest BCUT2D eigenvalue weighted by molar-refractivity contribution is 0.0171. The number of halogens is 3. The molecule has 1 N–H and O–H groups in total. The van der Waals surface area contributed by atoms with Crippen LogP contribution in [0.15, 0.2) is 12.3 Å². The van der Waals surface area contributed by atoms with Crippen LogP contribution in [0.4, 0.5) is 14.6 Å². The lowest BCUT2D eigenvalue weighted by Crippen LogP contribution is -2.16. The van der Waals surface area contributed by atoms with Crippen LogP contribution in [0.3, 0.4) is 0 Å². The van der Waals surface area contributed by atoms with E-state index in [-0.39, 0.29) is 10.6 Å². The number of nitrogens with one attached hydrogen (secondary N) is 1. The van der Waals surface area contributed by atoms with Gasteiger partial charge in [-0.2, -0.15) is 0 Å². The zero-order valence-electron chi connectivity index (χ0n) is 9.64. The minimum atomic E-state index is -2.90. The summed E-state index contributed by atoms with van der Waals surface area (Å²) >= 11 is 5.96. The van der Waals surface area contributed by atoms with Gasteiger partial charge < -0.3 is 5.32 Å². The first-order chi connectivity index (χ1) is 7.97. The van der Waals surface area contributed by atoms with E-state index in [1.807, 2.05) is 0 Å². The second kappa shape index (κ2) is 4.77. The highest BCUT2D eigenvalue weighted by molar-refractivity contribution is 6.33. The van der Waals surface area contributed by atoms with E-state index in [1.165, 1.54) is 25.1 Å². The van der Waals surface area contributed by atoms with Crippen LogP contribution < -0.4 is 5.32 Å². The van der Waals surface area contributed by atoms with Crippen molar-refractivity contribution in [1.29, 1.82) is 0 Å². The van der Waals surface area contributed by atoms with Crippen molar-refractivity contribution in [2.45, 2.75) is 44.6 Å². The summed E-state index contributed by atoms with van der Waals surface area (Å²) in [6, 6.07) is 1.65. The van der Waals surface area contributed by atoms with Gasteiger partial charge in [-0.1, -0.05) is 24.4 Å². The summed E-state index contributed by atoms with van der Waals surface area (Å²) in [4.78, 5) is 3.99. The number of nitrogens with zero attached hydrogens (tertiary/aromatic N) is 1. The third kappa shape index (κ3) is 3.06. The zero-order chi connectivity index (χ0) is 12.5. The van der Waals surface area contributed by atoms with Crippen molar-refractivity contribution < 1.29 is 8.78 Å². The van der Waals surface area contributed by atoms with Crippen LogP contribution in [-0.4, -0.2) is 11.0 Å². The van der Waals surface area contributed by atoms with Gasteiger partial charge in [0, 0.05) is 24.7 Å². The smallest absolute Gasteiger partial charge is 0.272 e. The first-order valence-corrected chi connectivity index (χ1v) is 6.15. The Kier molecular flexibility index (Phi) is 3.52. The number of hydrogen-bond donors (Lipinski definition) is 1. The fraction of sp³-hybridized carbons (Fsp3) is 0.583. The van der Waals surface area contributed by atoms with Crippen LogP contribution in [0.1, 0.15) is 38.2 Å². The van der Waals surface area contributed by atoms with Crippen molar-refractivity contribution in [3.05, 3.63) is 22.8 Å². The van der Waals surface area contributed by atoms with Crippen LogP contribution >= 0.6 is 11.6 Å². The Hall–Kier alpha value is -0.900. The molecule has 1 saturated carbocycles. The molecule has 0 saturated heterocycles. The molecule has 0 aliphatic heterocycles. The quantitative estimate of drug-likeness (QED) is 0.881. The van der Waals surface area contributed by atoms with E-state index in [2.05, 4.69) is 10.3 Å². The largest absolute Gasteiger partial charge is 0.366 e. The number of rotatable bonds is 3. The lowest BCUT2D eigenvalue weighted by atomic mass is 10.2. The van der Waals surface area contributed by atoms with Gasteiger partial charge in [0.1, 0.15) is 5.82 Å². The predicted octanol–water partition coefficient (Wildman–Crippen LogP) is 4.20. The molecule has 1 aromatic heterocycles. The monoisotopic (exact) mass is 260 g/mol. The second-order valence-electron chi connectivity index (χ2n) is 4.57. The molecule has 0 amide bonds. The standard InChI is InChI=1S/C12H15ClF2N2/c1-12(14,15)8-6-10(13)11(16-7-8)17-9-4-2-3-5-9/h6-7,9H,2-5H2,1H3,(H,16,17). The minimum absolute atomic E-state index is 0.153. The molecule has 0 aromatic carbocycles. The predicted molar refractivity (Wildman–Crippen MR) is 64.7 cm³/mol. The molecule has 0 bridgehead atoms. The highest BCUT2D eigenvalue weighted by Gasteiger charge is 2.26. The summed E-state index contributed by atoms with van der Waals surface area (Å²) in [6.45, 7) is 0.838. The van der Waals surface area contributed by atoms with Crippen molar-refractivity contribution in [3.63, 3.8) is 0 Å². The SMILES string of the molecule is CC(F)(F)c1cnc(NC2CCCC2)c(Cl)c1. The van der Waals surface area contributed by atoms with Crippen LogP contribution in [0, 0.1) is 0 Å². The first-order valence-electron chi connectivity index (χ1n) is 5.77. The summed E-state index contributed by atoms with van der Waals surface area (Å²) < 4.78 is 26.1. The first kappa shape index (κ1) is 12.6. The van der Waals surface area contributed by atoms with Crippen LogP contribution in [0.25, 0.3) is 0 Å². The van der Waals surface area contributed by atoms with E-state index in [4.69, 9.17) is 11.6 Å².